The second kappa shape index (κ2) is 10.9. The van der Waals surface area contributed by atoms with Crippen LogP contribution >= 0.6 is 23.2 Å². The molecule has 0 fully saturated rings. The van der Waals surface area contributed by atoms with Gasteiger partial charge in [-0.2, -0.15) is 0 Å². The first-order chi connectivity index (χ1) is 16.2. The molecule has 4 aromatic heterocycles. The van der Waals surface area contributed by atoms with E-state index in [0.29, 0.717) is 39.2 Å². The highest BCUT2D eigenvalue weighted by molar-refractivity contribution is 9.10. The summed E-state index contributed by atoms with van der Waals surface area (Å²) in [7, 11) is -2.45. The zero-order chi connectivity index (χ0) is 22.9. The van der Waals surface area contributed by atoms with Crippen LogP contribution < -0.4 is 21.6 Å². The summed E-state index contributed by atoms with van der Waals surface area (Å²) in [5.74, 6) is -0.170. The molecule has 0 unspecified atom stereocenters. The van der Waals surface area contributed by atoms with Gasteiger partial charge < -0.3 is 5.32 Å². The molecule has 14 heteroatoms. The van der Waals surface area contributed by atoms with E-state index in [1.54, 1.807) is 30.7 Å². The number of carbonyl (C=O) groups is 1. The molecule has 0 spiro atoms. The summed E-state index contributed by atoms with van der Waals surface area (Å²) >= 11 is 3.26. The quantitative estimate of drug-likeness (QED) is 0.177. The number of unbranched alkanes of at least 4 members (excludes halogenated alkanes) is 1. The second-order valence-electron chi connectivity index (χ2n) is 6.80. The summed E-state index contributed by atoms with van der Waals surface area (Å²) in [4.78, 5) is 16.4. The maximum absolute atomic E-state index is 12.3. The molecule has 12 nitrogen and oxygen atoms in total. The van der Waals surface area contributed by atoms with E-state index in [1.807, 2.05) is 18.2 Å². The van der Waals surface area contributed by atoms with Crippen LogP contribution in [0.4, 0.5) is 0 Å². The van der Waals surface area contributed by atoms with Crippen molar-refractivity contribution in [2.24, 2.45) is 0 Å². The monoisotopic (exact) mass is 523 g/mol. The lowest BCUT2D eigenvalue weighted by Gasteiger charge is -2.22. The van der Waals surface area contributed by atoms with Gasteiger partial charge >= 0.3 is 0 Å². The topological polar surface area (TPSA) is 158 Å². The number of nitrogens with one attached hydrogen (secondary N) is 1. The van der Waals surface area contributed by atoms with Gasteiger partial charge in [0, 0.05) is 30.9 Å². The van der Waals surface area contributed by atoms with Crippen LogP contribution in [0, 0.1) is 0 Å². The Morgan fingerprint density at radius 2 is 1.39 bits per heavy atom. The molecule has 4 rings (SSSR count). The molecule has 33 heavy (non-hydrogen) atoms. The van der Waals surface area contributed by atoms with Gasteiger partial charge in [-0.25, -0.2) is 4.98 Å². The summed E-state index contributed by atoms with van der Waals surface area (Å²) in [6.07, 6.45) is 8.45. The SMILES string of the molecule is O=C(NCCCC[P+](c1ccnnn1)(c1ccnnn1)c1ccnnn1)c1ccc([76Br])nc1. The van der Waals surface area contributed by atoms with Crippen LogP contribution in [-0.2, 0) is 0 Å². The first-order valence-corrected chi connectivity index (χ1v) is 12.7. The van der Waals surface area contributed by atoms with Gasteiger partial charge in [0.15, 0.2) is 7.26 Å². The van der Waals surface area contributed by atoms with Crippen LogP contribution in [-0.4, -0.2) is 69.8 Å². The second-order valence-corrected chi connectivity index (χ2v) is 11.1. The molecule has 0 atom stereocenters. The maximum Gasteiger partial charge on any atom is 0.252 e. The lowest BCUT2D eigenvalue weighted by Crippen LogP contribution is -2.39. The lowest BCUT2D eigenvalue weighted by atomic mass is 10.2. The fourth-order valence-electron chi connectivity index (χ4n) is 3.30. The molecule has 4 aromatic rings. The highest BCUT2D eigenvalue weighted by Crippen LogP contribution is 2.53. The van der Waals surface area contributed by atoms with Gasteiger partial charge in [-0.3, -0.25) is 4.79 Å². The summed E-state index contributed by atoms with van der Waals surface area (Å²) in [5, 5.41) is 38.8. The number of nitrogens with zero attached hydrogens (tertiary/aromatic N) is 10. The third-order valence-corrected chi connectivity index (χ3v) is 9.35. The van der Waals surface area contributed by atoms with Crippen molar-refractivity contribution in [3.8, 4) is 0 Å². The van der Waals surface area contributed by atoms with Crippen molar-refractivity contribution in [2.45, 2.75) is 12.8 Å². The minimum Gasteiger partial charge on any atom is -0.352 e. The molecule has 0 aliphatic heterocycles. The average molecular weight is 523 g/mol. The number of hydrogen-bond donors (Lipinski definition) is 1. The Bertz CT molecular complexity index is 1070. The molecule has 0 saturated carbocycles. The molecular formula is C19H18BrN11OP+. The molecule has 0 bridgehead atoms. The van der Waals surface area contributed by atoms with E-state index in [4.69, 9.17) is 0 Å². The van der Waals surface area contributed by atoms with Crippen LogP contribution in [0.2, 0.25) is 0 Å². The van der Waals surface area contributed by atoms with E-state index in [1.165, 1.54) is 6.20 Å². The molecular weight excluding hydrogens is 505 g/mol. The number of pyridine rings is 1. The smallest absolute Gasteiger partial charge is 0.252 e. The van der Waals surface area contributed by atoms with E-state index in [-0.39, 0.29) is 5.91 Å². The molecule has 1 N–H and O–H groups in total. The standard InChI is InChI=1S/C19H17BrN11OP/c20-15-4-3-14(13-22-15)19(32)21-8-1-2-12-33(16-5-9-23-29-26-16,17-6-10-24-30-27-17)18-7-11-25-31-28-18/h3-7,9-11,13H,1-2,8,12H2/p+1/i20-4. The molecule has 0 aliphatic carbocycles. The summed E-state index contributed by atoms with van der Waals surface area (Å²) < 4.78 is 0.678. The fraction of sp³-hybridized carbons (Fsp3) is 0.211. The van der Waals surface area contributed by atoms with Crippen LogP contribution in [0.5, 0.6) is 0 Å². The molecule has 0 aromatic carbocycles. The van der Waals surface area contributed by atoms with E-state index < -0.39 is 7.26 Å². The predicted molar refractivity (Wildman–Crippen MR) is 124 cm³/mol. The summed E-state index contributed by atoms with van der Waals surface area (Å²) in [6, 6.07) is 8.89. The van der Waals surface area contributed by atoms with Gasteiger partial charge in [0.1, 0.15) is 4.60 Å². The molecule has 0 saturated heterocycles. The van der Waals surface area contributed by atoms with E-state index in [9.17, 15) is 4.79 Å². The molecule has 0 aliphatic rings. The number of aromatic nitrogens is 10. The highest BCUT2D eigenvalue weighted by atomic mass is 75.9. The zero-order valence-corrected chi connectivity index (χ0v) is 19.7. The third kappa shape index (κ3) is 5.32. The predicted octanol–water partition coefficient (Wildman–Crippen LogP) is -0.0968. The largest absolute Gasteiger partial charge is 0.352 e. The van der Waals surface area contributed by atoms with Crippen LogP contribution in [0.3, 0.4) is 0 Å². The van der Waals surface area contributed by atoms with Crippen LogP contribution in [0.1, 0.15) is 23.2 Å². The number of rotatable bonds is 9. The maximum atomic E-state index is 12.3. The lowest BCUT2D eigenvalue weighted by molar-refractivity contribution is 0.0953. The first-order valence-electron chi connectivity index (χ1n) is 9.93. The van der Waals surface area contributed by atoms with E-state index in [2.05, 4.69) is 72.5 Å². The van der Waals surface area contributed by atoms with Crippen molar-refractivity contribution < 1.29 is 4.79 Å². The van der Waals surface area contributed by atoms with E-state index >= 15 is 0 Å². The minimum absolute atomic E-state index is 0.170. The number of hydrogen-bond acceptors (Lipinski definition) is 11. The fourth-order valence-corrected chi connectivity index (χ4v) is 7.16. The Morgan fingerprint density at radius 1 is 0.818 bits per heavy atom. The Balaban J connectivity index is 1.53. The number of carbonyl (C=O) groups excluding carboxylic acids is 1. The molecule has 166 valence electrons. The van der Waals surface area contributed by atoms with E-state index in [0.717, 1.165) is 12.8 Å². The zero-order valence-electron chi connectivity index (χ0n) is 17.2. The van der Waals surface area contributed by atoms with Crippen molar-refractivity contribution in [2.75, 3.05) is 12.7 Å². The van der Waals surface area contributed by atoms with Gasteiger partial charge in [-0.1, -0.05) is 15.3 Å². The number of halogens is 1. The molecule has 4 heterocycles. The summed E-state index contributed by atoms with van der Waals surface area (Å²) in [5.41, 5.74) is 2.64. The molecule has 1 amide bonds. The average Bonchev–Trinajstić information content (AvgIpc) is 2.88. The summed E-state index contributed by atoms with van der Waals surface area (Å²) in [6.45, 7) is 0.501. The van der Waals surface area contributed by atoms with Gasteiger partial charge in [-0.05, 0) is 56.5 Å². The van der Waals surface area contributed by atoms with Gasteiger partial charge in [0.2, 0.25) is 16.3 Å². The van der Waals surface area contributed by atoms with Crippen molar-refractivity contribution >= 4 is 45.4 Å². The van der Waals surface area contributed by atoms with Gasteiger partial charge in [0.25, 0.3) is 5.91 Å². The highest BCUT2D eigenvalue weighted by Gasteiger charge is 2.50. The van der Waals surface area contributed by atoms with Gasteiger partial charge in [-0.15, -0.1) is 15.3 Å². The number of amides is 1. The van der Waals surface area contributed by atoms with Crippen molar-refractivity contribution in [3.05, 3.63) is 65.3 Å². The van der Waals surface area contributed by atoms with Crippen molar-refractivity contribution in [1.29, 1.82) is 0 Å². The first kappa shape index (κ1) is 22.7. The van der Waals surface area contributed by atoms with Crippen LogP contribution in [0.15, 0.2) is 59.7 Å². The van der Waals surface area contributed by atoms with Gasteiger partial charge in [0.05, 0.1) is 30.3 Å². The van der Waals surface area contributed by atoms with Crippen LogP contribution in [0.25, 0.3) is 0 Å². The normalized spacial score (nSPS) is 11.2. The Labute approximate surface area is 197 Å². The minimum atomic E-state index is -2.45. The Hall–Kier alpha value is -3.44. The van der Waals surface area contributed by atoms with Crippen molar-refractivity contribution in [3.63, 3.8) is 0 Å². The Morgan fingerprint density at radius 3 is 1.85 bits per heavy atom. The Kier molecular flexibility index (Phi) is 7.53. The van der Waals surface area contributed by atoms with Crippen molar-refractivity contribution in [1.82, 2.24) is 56.5 Å². The third-order valence-electron chi connectivity index (χ3n) is 4.84. The molecule has 0 radical (unpaired) electrons.